The Morgan fingerprint density at radius 1 is 1.45 bits per heavy atom. The van der Waals surface area contributed by atoms with Crippen LogP contribution in [-0.4, -0.2) is 18.6 Å². The maximum absolute atomic E-state index is 12.6. The summed E-state index contributed by atoms with van der Waals surface area (Å²) in [4.78, 5) is 11.1. The molecule has 8 heteroatoms. The van der Waals surface area contributed by atoms with Crippen molar-refractivity contribution in [3.63, 3.8) is 0 Å². The van der Waals surface area contributed by atoms with Gasteiger partial charge in [-0.05, 0) is 35.0 Å². The fraction of sp³-hybridized carbons (Fsp3) is 0.333. The molecule has 4 nitrogen and oxygen atoms in total. The molecular formula is C12H11F3N2O2S. The number of nitriles is 1. The molecule has 0 radical (unpaired) electrons. The van der Waals surface area contributed by atoms with Crippen LogP contribution in [0.25, 0.3) is 0 Å². The minimum atomic E-state index is -4.51. The Bertz CT molecular complexity index is 553. The van der Waals surface area contributed by atoms with Gasteiger partial charge in [0.25, 0.3) is 0 Å². The number of ether oxygens (including phenoxy) is 1. The van der Waals surface area contributed by atoms with Crippen molar-refractivity contribution in [2.75, 3.05) is 7.11 Å². The third kappa shape index (κ3) is 4.43. The van der Waals surface area contributed by atoms with Gasteiger partial charge in [0, 0.05) is 11.4 Å². The second kappa shape index (κ2) is 6.63. The van der Waals surface area contributed by atoms with E-state index < -0.39 is 11.5 Å². The van der Waals surface area contributed by atoms with Crippen molar-refractivity contribution in [2.24, 2.45) is 5.73 Å². The van der Waals surface area contributed by atoms with E-state index in [1.54, 1.807) is 0 Å². The van der Waals surface area contributed by atoms with E-state index in [2.05, 4.69) is 4.74 Å². The lowest BCUT2D eigenvalue weighted by atomic mass is 10.0. The number of methoxy groups -OCH3 is 1. The van der Waals surface area contributed by atoms with Crippen molar-refractivity contribution in [3.8, 4) is 6.07 Å². The molecule has 1 rings (SSSR count). The Morgan fingerprint density at radius 2 is 2.05 bits per heavy atom. The van der Waals surface area contributed by atoms with Crippen molar-refractivity contribution in [1.82, 2.24) is 0 Å². The summed E-state index contributed by atoms with van der Waals surface area (Å²) in [6.07, 6.45) is -0.350. The van der Waals surface area contributed by atoms with E-state index in [0.717, 1.165) is 7.11 Å². The number of carbonyl (C=O) groups excluding carboxylic acids is 1. The highest BCUT2D eigenvalue weighted by atomic mass is 32.2. The number of esters is 1. The van der Waals surface area contributed by atoms with Gasteiger partial charge in [-0.2, -0.15) is 18.4 Å². The summed E-state index contributed by atoms with van der Waals surface area (Å²) in [6.45, 7) is -0.165. The Hall–Kier alpha value is -1.72. The van der Waals surface area contributed by atoms with Crippen LogP contribution >= 0.6 is 11.8 Å². The summed E-state index contributed by atoms with van der Waals surface area (Å²) >= 11 is -0.347. The topological polar surface area (TPSA) is 76.1 Å². The molecule has 0 unspecified atom stereocenters. The van der Waals surface area contributed by atoms with Crippen LogP contribution in [0.3, 0.4) is 0 Å². The minimum absolute atomic E-state index is 0.0821. The Labute approximate surface area is 117 Å². The highest BCUT2D eigenvalue weighted by Gasteiger charge is 2.32. The van der Waals surface area contributed by atoms with Gasteiger partial charge in [0.1, 0.15) is 0 Å². The van der Waals surface area contributed by atoms with Gasteiger partial charge in [-0.15, -0.1) is 0 Å². The largest absolute Gasteiger partial charge is 0.469 e. The molecule has 1 aromatic carbocycles. The second-order valence-electron chi connectivity index (χ2n) is 3.74. The predicted octanol–water partition coefficient (Wildman–Crippen LogP) is 2.34. The molecule has 0 aromatic heterocycles. The number of thioether (sulfide) groups is 1. The molecule has 20 heavy (non-hydrogen) atoms. The molecular weight excluding hydrogens is 293 g/mol. The summed E-state index contributed by atoms with van der Waals surface area (Å²) in [5, 5.41) is 8.86. The number of alkyl halides is 3. The van der Waals surface area contributed by atoms with Crippen LogP contribution in [0.1, 0.15) is 16.7 Å². The first-order valence-electron chi connectivity index (χ1n) is 5.39. The molecule has 0 aliphatic heterocycles. The van der Waals surface area contributed by atoms with Crippen LogP contribution in [0.15, 0.2) is 17.0 Å². The summed E-state index contributed by atoms with van der Waals surface area (Å²) in [6, 6.07) is 4.35. The lowest BCUT2D eigenvalue weighted by molar-refractivity contribution is -0.139. The average Bonchev–Trinajstić information content (AvgIpc) is 2.38. The standard InChI is InChI=1S/C12H11F3N2O2S/c1-19-10(18)4-8-2-7(5-16)3-9(6-17)11(8)20-12(13,14)15/h2-3H,4,6,17H2,1H3. The van der Waals surface area contributed by atoms with Crippen LogP contribution in [0, 0.1) is 11.3 Å². The molecule has 0 amide bonds. The molecule has 0 saturated carbocycles. The van der Waals surface area contributed by atoms with Crippen LogP contribution in [0.5, 0.6) is 0 Å². The molecule has 0 heterocycles. The van der Waals surface area contributed by atoms with Gasteiger partial charge in [-0.25, -0.2) is 0 Å². The maximum atomic E-state index is 12.6. The molecule has 0 aliphatic rings. The van der Waals surface area contributed by atoms with E-state index in [9.17, 15) is 18.0 Å². The summed E-state index contributed by atoms with van der Waals surface area (Å²) in [5.41, 5.74) is 1.31. The Morgan fingerprint density at radius 3 is 2.50 bits per heavy atom. The molecule has 1 aromatic rings. The highest BCUT2D eigenvalue weighted by molar-refractivity contribution is 8.00. The molecule has 0 aliphatic carbocycles. The molecule has 0 saturated heterocycles. The maximum Gasteiger partial charge on any atom is 0.446 e. The Balaban J connectivity index is 3.35. The van der Waals surface area contributed by atoms with Crippen LogP contribution in [0.2, 0.25) is 0 Å². The number of hydrogen-bond acceptors (Lipinski definition) is 5. The van der Waals surface area contributed by atoms with Crippen LogP contribution in [-0.2, 0) is 22.5 Å². The quantitative estimate of drug-likeness (QED) is 0.682. The highest BCUT2D eigenvalue weighted by Crippen LogP contribution is 2.41. The first-order valence-corrected chi connectivity index (χ1v) is 6.21. The lowest BCUT2D eigenvalue weighted by Gasteiger charge is -2.15. The van der Waals surface area contributed by atoms with Gasteiger partial charge >= 0.3 is 11.5 Å². The fourth-order valence-electron chi connectivity index (χ4n) is 1.58. The average molecular weight is 304 g/mol. The Kier molecular flexibility index (Phi) is 5.42. The molecule has 0 atom stereocenters. The van der Waals surface area contributed by atoms with Crippen LogP contribution < -0.4 is 5.73 Å². The van der Waals surface area contributed by atoms with Gasteiger partial charge < -0.3 is 10.5 Å². The summed E-state index contributed by atoms with van der Waals surface area (Å²) < 4.78 is 42.2. The van der Waals surface area contributed by atoms with E-state index in [1.807, 2.05) is 6.07 Å². The third-order valence-electron chi connectivity index (χ3n) is 2.37. The smallest absolute Gasteiger partial charge is 0.446 e. The van der Waals surface area contributed by atoms with Gasteiger partial charge in [0.05, 0.1) is 25.2 Å². The molecule has 0 bridgehead atoms. The number of rotatable bonds is 4. The van der Waals surface area contributed by atoms with E-state index in [1.165, 1.54) is 12.1 Å². The number of halogens is 3. The third-order valence-corrected chi connectivity index (χ3v) is 3.33. The van der Waals surface area contributed by atoms with Gasteiger partial charge in [0.15, 0.2) is 0 Å². The zero-order chi connectivity index (χ0) is 15.3. The fourth-order valence-corrected chi connectivity index (χ4v) is 2.34. The van der Waals surface area contributed by atoms with Gasteiger partial charge in [-0.1, -0.05) is 0 Å². The SMILES string of the molecule is COC(=O)Cc1cc(C#N)cc(CN)c1SC(F)(F)F. The van der Waals surface area contributed by atoms with Crippen molar-refractivity contribution in [3.05, 3.63) is 28.8 Å². The van der Waals surface area contributed by atoms with Gasteiger partial charge in [0.2, 0.25) is 0 Å². The summed E-state index contributed by atoms with van der Waals surface area (Å²) in [7, 11) is 1.14. The van der Waals surface area contributed by atoms with Crippen molar-refractivity contribution in [1.29, 1.82) is 5.26 Å². The molecule has 0 fully saturated rings. The minimum Gasteiger partial charge on any atom is -0.469 e. The van der Waals surface area contributed by atoms with Gasteiger partial charge in [-0.3, -0.25) is 4.79 Å². The number of hydrogen-bond donors (Lipinski definition) is 1. The first-order chi connectivity index (χ1) is 9.30. The van der Waals surface area contributed by atoms with E-state index >= 15 is 0 Å². The number of benzene rings is 1. The number of carbonyl (C=O) groups is 1. The zero-order valence-electron chi connectivity index (χ0n) is 10.5. The van der Waals surface area contributed by atoms with E-state index in [0.29, 0.717) is 0 Å². The van der Waals surface area contributed by atoms with E-state index in [4.69, 9.17) is 11.0 Å². The number of nitrogens with two attached hydrogens (primary N) is 1. The second-order valence-corrected chi connectivity index (χ2v) is 4.82. The molecule has 108 valence electrons. The van der Waals surface area contributed by atoms with Crippen molar-refractivity contribution < 1.29 is 22.7 Å². The number of nitrogens with zero attached hydrogens (tertiary/aromatic N) is 1. The normalized spacial score (nSPS) is 11.0. The van der Waals surface area contributed by atoms with Crippen molar-refractivity contribution >= 4 is 17.7 Å². The monoisotopic (exact) mass is 304 g/mol. The summed E-state index contributed by atoms with van der Waals surface area (Å²) in [5.74, 6) is -0.688. The van der Waals surface area contributed by atoms with E-state index in [-0.39, 0.29) is 46.3 Å². The van der Waals surface area contributed by atoms with Crippen LogP contribution in [0.4, 0.5) is 13.2 Å². The van der Waals surface area contributed by atoms with Crippen molar-refractivity contribution in [2.45, 2.75) is 23.4 Å². The molecule has 0 spiro atoms. The zero-order valence-corrected chi connectivity index (χ0v) is 11.3. The molecule has 2 N–H and O–H groups in total. The lowest BCUT2D eigenvalue weighted by Crippen LogP contribution is -2.11. The first kappa shape index (κ1) is 16.3. The predicted molar refractivity (Wildman–Crippen MR) is 66.7 cm³/mol.